The molecule has 28 heavy (non-hydrogen) atoms. The lowest BCUT2D eigenvalue weighted by atomic mass is 9.99. The Bertz CT molecular complexity index is 1190. The van der Waals surface area contributed by atoms with Gasteiger partial charge in [-0.1, -0.05) is 48.0 Å². The number of carbonyl (C=O) groups is 1. The lowest BCUT2D eigenvalue weighted by Gasteiger charge is -2.27. The molecule has 1 atom stereocenters. The molecule has 4 aromatic rings. The molecule has 2 aromatic heterocycles. The van der Waals surface area contributed by atoms with Gasteiger partial charge in [-0.15, -0.1) is 0 Å². The van der Waals surface area contributed by atoms with Crippen molar-refractivity contribution in [3.63, 3.8) is 0 Å². The first-order valence-electron chi connectivity index (χ1n) is 9.30. The molecule has 5 rings (SSSR count). The molecule has 140 valence electrons. The Morgan fingerprint density at radius 1 is 1.14 bits per heavy atom. The predicted octanol–water partition coefficient (Wildman–Crippen LogP) is 4.64. The quantitative estimate of drug-likeness (QED) is 0.533. The molecule has 2 aromatic carbocycles. The number of fused-ring (bicyclic) bond motifs is 2. The van der Waals surface area contributed by atoms with Gasteiger partial charge in [-0.3, -0.25) is 9.89 Å². The van der Waals surface area contributed by atoms with Gasteiger partial charge in [0.25, 0.3) is 5.91 Å². The second-order valence-electron chi connectivity index (χ2n) is 7.14. The number of H-pyrrole nitrogens is 2. The summed E-state index contributed by atoms with van der Waals surface area (Å²) in [5.74, 6) is -0.0517. The van der Waals surface area contributed by atoms with Crippen molar-refractivity contribution in [3.8, 4) is 0 Å². The van der Waals surface area contributed by atoms with Gasteiger partial charge in [-0.05, 0) is 36.6 Å². The number of aryl methyl sites for hydroxylation is 1. The van der Waals surface area contributed by atoms with Crippen LogP contribution in [0, 0.1) is 6.92 Å². The first kappa shape index (κ1) is 17.1. The number of aromatic nitrogens is 3. The van der Waals surface area contributed by atoms with Crippen LogP contribution in [0.25, 0.3) is 10.9 Å². The molecule has 0 radical (unpaired) electrons. The number of hydrogen-bond acceptors (Lipinski definition) is 2. The Kier molecular flexibility index (Phi) is 3.98. The molecule has 0 fully saturated rings. The fraction of sp³-hybridized carbons (Fsp3) is 0.182. The van der Waals surface area contributed by atoms with Crippen LogP contribution >= 0.6 is 11.6 Å². The molecular weight excluding hydrogens is 372 g/mol. The van der Waals surface area contributed by atoms with Gasteiger partial charge in [0.15, 0.2) is 5.69 Å². The fourth-order valence-corrected chi connectivity index (χ4v) is 4.41. The normalized spacial score (nSPS) is 16.1. The van der Waals surface area contributed by atoms with Crippen molar-refractivity contribution < 1.29 is 4.79 Å². The van der Waals surface area contributed by atoms with E-state index >= 15 is 0 Å². The van der Waals surface area contributed by atoms with Crippen molar-refractivity contribution in [3.05, 3.63) is 87.8 Å². The Morgan fingerprint density at radius 3 is 2.79 bits per heavy atom. The van der Waals surface area contributed by atoms with Crippen LogP contribution in [-0.4, -0.2) is 32.5 Å². The number of para-hydroxylation sites is 1. The third kappa shape index (κ3) is 2.54. The number of nitrogens with one attached hydrogen (secondary N) is 2. The highest BCUT2D eigenvalue weighted by molar-refractivity contribution is 6.31. The molecule has 0 spiro atoms. The number of carbonyl (C=O) groups excluding carboxylic acids is 1. The number of halogens is 1. The Labute approximate surface area is 167 Å². The van der Waals surface area contributed by atoms with Crippen molar-refractivity contribution in [2.45, 2.75) is 19.4 Å². The van der Waals surface area contributed by atoms with Crippen LogP contribution < -0.4 is 0 Å². The summed E-state index contributed by atoms with van der Waals surface area (Å²) in [7, 11) is 0. The molecule has 0 aliphatic carbocycles. The Balaban J connectivity index is 1.52. The molecule has 0 unspecified atom stereocenters. The van der Waals surface area contributed by atoms with E-state index in [0.29, 0.717) is 17.3 Å². The van der Waals surface area contributed by atoms with Gasteiger partial charge in [0.05, 0.1) is 6.04 Å². The Morgan fingerprint density at radius 2 is 1.93 bits per heavy atom. The summed E-state index contributed by atoms with van der Waals surface area (Å²) < 4.78 is 0. The smallest absolute Gasteiger partial charge is 0.275 e. The SMILES string of the molecule is Cc1[nH]nc2c1[C@@H](c1ccccc1Cl)N(CCc1c[nH]c3ccccc13)C2=O. The minimum atomic E-state index is -0.222. The maximum absolute atomic E-state index is 13.1. The highest BCUT2D eigenvalue weighted by Gasteiger charge is 2.41. The van der Waals surface area contributed by atoms with Crippen molar-refractivity contribution in [1.29, 1.82) is 0 Å². The molecule has 6 heteroatoms. The highest BCUT2D eigenvalue weighted by Crippen LogP contribution is 2.41. The van der Waals surface area contributed by atoms with Crippen LogP contribution in [0.15, 0.2) is 54.7 Å². The van der Waals surface area contributed by atoms with Crippen LogP contribution in [0.5, 0.6) is 0 Å². The van der Waals surface area contributed by atoms with Crippen LogP contribution in [0.4, 0.5) is 0 Å². The number of hydrogen-bond donors (Lipinski definition) is 2. The summed E-state index contributed by atoms with van der Waals surface area (Å²) in [6.45, 7) is 2.54. The molecule has 0 saturated heterocycles. The topological polar surface area (TPSA) is 64.8 Å². The van der Waals surface area contributed by atoms with Crippen molar-refractivity contribution >= 4 is 28.4 Å². The van der Waals surface area contributed by atoms with E-state index in [1.54, 1.807) is 0 Å². The van der Waals surface area contributed by atoms with Crippen molar-refractivity contribution in [2.24, 2.45) is 0 Å². The van der Waals surface area contributed by atoms with E-state index in [2.05, 4.69) is 27.3 Å². The number of benzene rings is 2. The molecule has 5 nitrogen and oxygen atoms in total. The van der Waals surface area contributed by atoms with E-state index in [1.807, 2.05) is 54.4 Å². The number of rotatable bonds is 4. The van der Waals surface area contributed by atoms with E-state index in [0.717, 1.165) is 28.8 Å². The molecule has 0 saturated carbocycles. The molecule has 1 aliphatic heterocycles. The zero-order valence-corrected chi connectivity index (χ0v) is 16.1. The minimum absolute atomic E-state index is 0.0517. The number of nitrogens with zero attached hydrogens (tertiary/aromatic N) is 2. The highest BCUT2D eigenvalue weighted by atomic mass is 35.5. The van der Waals surface area contributed by atoms with Gasteiger partial charge in [-0.2, -0.15) is 5.10 Å². The van der Waals surface area contributed by atoms with Gasteiger partial charge in [0.1, 0.15) is 0 Å². The van der Waals surface area contributed by atoms with Gasteiger partial charge in [-0.25, -0.2) is 0 Å². The Hall–Kier alpha value is -3.05. The van der Waals surface area contributed by atoms with Gasteiger partial charge >= 0.3 is 0 Å². The van der Waals surface area contributed by atoms with E-state index in [4.69, 9.17) is 11.6 Å². The second kappa shape index (κ2) is 6.53. The van der Waals surface area contributed by atoms with Crippen molar-refractivity contribution in [2.75, 3.05) is 6.54 Å². The van der Waals surface area contributed by atoms with E-state index in [9.17, 15) is 4.79 Å². The maximum Gasteiger partial charge on any atom is 0.275 e. The first-order chi connectivity index (χ1) is 13.6. The zero-order valence-electron chi connectivity index (χ0n) is 15.4. The maximum atomic E-state index is 13.1. The molecule has 3 heterocycles. The predicted molar refractivity (Wildman–Crippen MR) is 110 cm³/mol. The van der Waals surface area contributed by atoms with Crippen LogP contribution in [0.1, 0.15) is 38.9 Å². The average molecular weight is 391 g/mol. The van der Waals surface area contributed by atoms with Gasteiger partial charge in [0.2, 0.25) is 0 Å². The fourth-order valence-electron chi connectivity index (χ4n) is 4.17. The largest absolute Gasteiger partial charge is 0.361 e. The average Bonchev–Trinajstić information content (AvgIpc) is 3.36. The van der Waals surface area contributed by atoms with Gasteiger partial charge in [0, 0.05) is 39.9 Å². The number of amides is 1. The summed E-state index contributed by atoms with van der Waals surface area (Å²) in [5, 5.41) is 9.07. The van der Waals surface area contributed by atoms with Crippen LogP contribution in [0.3, 0.4) is 0 Å². The third-order valence-corrected chi connectivity index (χ3v) is 5.88. The van der Waals surface area contributed by atoms with E-state index < -0.39 is 0 Å². The minimum Gasteiger partial charge on any atom is -0.361 e. The first-order valence-corrected chi connectivity index (χ1v) is 9.68. The summed E-state index contributed by atoms with van der Waals surface area (Å²) in [6.07, 6.45) is 2.78. The summed E-state index contributed by atoms with van der Waals surface area (Å²) in [6, 6.07) is 15.7. The van der Waals surface area contributed by atoms with Gasteiger partial charge < -0.3 is 9.88 Å². The molecule has 1 amide bonds. The molecule has 1 aliphatic rings. The zero-order chi connectivity index (χ0) is 19.3. The summed E-state index contributed by atoms with van der Waals surface area (Å²) >= 11 is 6.51. The molecular formula is C22H19ClN4O. The molecule has 2 N–H and O–H groups in total. The summed E-state index contributed by atoms with van der Waals surface area (Å²) in [4.78, 5) is 18.3. The van der Waals surface area contributed by atoms with E-state index in [-0.39, 0.29) is 11.9 Å². The molecule has 0 bridgehead atoms. The second-order valence-corrected chi connectivity index (χ2v) is 7.55. The number of aromatic amines is 2. The lowest BCUT2D eigenvalue weighted by molar-refractivity contribution is 0.0745. The van der Waals surface area contributed by atoms with Crippen molar-refractivity contribution in [1.82, 2.24) is 20.1 Å². The monoisotopic (exact) mass is 390 g/mol. The van der Waals surface area contributed by atoms with Crippen LogP contribution in [-0.2, 0) is 6.42 Å². The summed E-state index contributed by atoms with van der Waals surface area (Å²) in [5.41, 5.74) is 5.57. The standard InChI is InChI=1S/C22H19ClN4O/c1-13-19-20(26-25-13)22(28)27(21(19)16-7-2-4-8-17(16)23)11-10-14-12-24-18-9-5-3-6-15(14)18/h2-9,12,21,24H,10-11H2,1H3,(H,25,26)/t21-/m1/s1. The van der Waals surface area contributed by atoms with Crippen LogP contribution in [0.2, 0.25) is 5.02 Å². The van der Waals surface area contributed by atoms with E-state index in [1.165, 1.54) is 10.9 Å². The third-order valence-electron chi connectivity index (χ3n) is 5.54. The lowest BCUT2D eigenvalue weighted by Crippen LogP contribution is -2.31.